The van der Waals surface area contributed by atoms with Crippen molar-refractivity contribution >= 4 is 40.1 Å². The minimum atomic E-state index is -0.497. The van der Waals surface area contributed by atoms with Gasteiger partial charge in [-0.05, 0) is 47.8 Å². The average molecular weight is 394 g/mol. The van der Waals surface area contributed by atoms with E-state index in [-0.39, 0.29) is 11.3 Å². The zero-order chi connectivity index (χ0) is 19.7. The molecule has 4 rings (SSSR count). The molecule has 140 valence electrons. The molecule has 7 heteroatoms. The molecular formula is C21H15FN2O3S. The molecule has 1 aliphatic heterocycles. The molecule has 1 aromatic heterocycles. The van der Waals surface area contributed by atoms with E-state index in [4.69, 9.17) is 4.74 Å². The number of nitrogens with zero attached hydrogens (tertiary/aromatic N) is 1. The first-order chi connectivity index (χ1) is 13.6. The van der Waals surface area contributed by atoms with Gasteiger partial charge < -0.3 is 10.1 Å². The summed E-state index contributed by atoms with van der Waals surface area (Å²) in [6.45, 7) is 0. The summed E-state index contributed by atoms with van der Waals surface area (Å²) in [4.78, 5) is 28.0. The van der Waals surface area contributed by atoms with E-state index in [2.05, 4.69) is 5.32 Å². The number of amides is 2. The molecule has 1 N–H and O–H groups in total. The van der Waals surface area contributed by atoms with Gasteiger partial charge in [-0.15, -0.1) is 11.3 Å². The number of halogens is 1. The molecule has 0 unspecified atom stereocenters. The molecule has 1 aliphatic rings. The van der Waals surface area contributed by atoms with Crippen molar-refractivity contribution in [2.75, 3.05) is 17.3 Å². The fraction of sp³-hybridized carbons (Fsp3) is 0.0476. The summed E-state index contributed by atoms with van der Waals surface area (Å²) in [6.07, 6.45) is 0. The molecule has 3 aromatic rings. The summed E-state index contributed by atoms with van der Waals surface area (Å²) in [5, 5.41) is 4.90. The van der Waals surface area contributed by atoms with Crippen molar-refractivity contribution in [1.82, 2.24) is 0 Å². The number of thiophene rings is 1. The van der Waals surface area contributed by atoms with E-state index in [1.54, 1.807) is 37.4 Å². The van der Waals surface area contributed by atoms with Gasteiger partial charge in [-0.2, -0.15) is 0 Å². The fourth-order valence-corrected chi connectivity index (χ4v) is 3.73. The van der Waals surface area contributed by atoms with E-state index < -0.39 is 17.6 Å². The van der Waals surface area contributed by atoms with Crippen LogP contribution in [-0.2, 0) is 9.59 Å². The highest BCUT2D eigenvalue weighted by atomic mass is 32.1. The van der Waals surface area contributed by atoms with Gasteiger partial charge in [0.05, 0.1) is 18.4 Å². The lowest BCUT2D eigenvalue weighted by Crippen LogP contribution is -2.32. The Kier molecular flexibility index (Phi) is 4.67. The lowest BCUT2D eigenvalue weighted by atomic mass is 10.2. The Hall–Kier alpha value is -3.45. The fourth-order valence-electron chi connectivity index (χ4n) is 2.96. The second-order valence-electron chi connectivity index (χ2n) is 6.01. The lowest BCUT2D eigenvalue weighted by molar-refractivity contribution is -0.120. The Balaban J connectivity index is 1.78. The van der Waals surface area contributed by atoms with Crippen LogP contribution in [0.4, 0.5) is 15.8 Å². The molecule has 0 spiro atoms. The smallest absolute Gasteiger partial charge is 0.282 e. The van der Waals surface area contributed by atoms with Crippen LogP contribution in [0, 0.1) is 5.82 Å². The molecule has 28 heavy (non-hydrogen) atoms. The predicted octanol–water partition coefficient (Wildman–Crippen LogP) is 4.29. The molecule has 0 saturated carbocycles. The van der Waals surface area contributed by atoms with Gasteiger partial charge in [-0.25, -0.2) is 9.29 Å². The molecular weight excluding hydrogens is 379 g/mol. The average Bonchev–Trinajstić information content (AvgIpc) is 3.30. The van der Waals surface area contributed by atoms with E-state index in [0.717, 1.165) is 4.90 Å². The molecule has 0 aliphatic carbocycles. The first-order valence-electron chi connectivity index (χ1n) is 8.42. The third-order valence-corrected chi connectivity index (χ3v) is 5.16. The molecule has 2 aromatic carbocycles. The summed E-state index contributed by atoms with van der Waals surface area (Å²) in [5.74, 6) is -0.772. The van der Waals surface area contributed by atoms with Crippen molar-refractivity contribution in [2.24, 2.45) is 0 Å². The van der Waals surface area contributed by atoms with Crippen molar-refractivity contribution in [3.05, 3.63) is 82.4 Å². The summed E-state index contributed by atoms with van der Waals surface area (Å²) >= 11 is 1.37. The summed E-state index contributed by atoms with van der Waals surface area (Å²) in [6, 6.07) is 15.9. The monoisotopic (exact) mass is 394 g/mol. The van der Waals surface area contributed by atoms with Gasteiger partial charge in [0.25, 0.3) is 11.8 Å². The summed E-state index contributed by atoms with van der Waals surface area (Å²) in [7, 11) is 1.55. The molecule has 5 nitrogen and oxygen atoms in total. The van der Waals surface area contributed by atoms with Crippen LogP contribution in [0.1, 0.15) is 4.88 Å². The van der Waals surface area contributed by atoms with E-state index in [1.165, 1.54) is 35.6 Å². The molecule has 0 bridgehead atoms. The Bertz CT molecular complexity index is 1080. The Morgan fingerprint density at radius 3 is 2.46 bits per heavy atom. The van der Waals surface area contributed by atoms with Gasteiger partial charge in [-0.3, -0.25) is 9.59 Å². The number of hydrogen-bond donors (Lipinski definition) is 1. The quantitative estimate of drug-likeness (QED) is 0.656. The Labute approximate surface area is 164 Å². The van der Waals surface area contributed by atoms with Crippen LogP contribution in [0.25, 0.3) is 5.57 Å². The van der Waals surface area contributed by atoms with Crippen LogP contribution >= 0.6 is 11.3 Å². The van der Waals surface area contributed by atoms with Gasteiger partial charge >= 0.3 is 0 Å². The van der Waals surface area contributed by atoms with Crippen LogP contribution in [0.5, 0.6) is 5.75 Å². The van der Waals surface area contributed by atoms with Gasteiger partial charge in [-0.1, -0.05) is 12.1 Å². The zero-order valence-electron chi connectivity index (χ0n) is 14.8. The number of carbonyl (C=O) groups excluding carboxylic acids is 2. The van der Waals surface area contributed by atoms with Crippen molar-refractivity contribution in [3.8, 4) is 5.75 Å². The van der Waals surface area contributed by atoms with E-state index >= 15 is 0 Å². The number of benzene rings is 2. The van der Waals surface area contributed by atoms with Gasteiger partial charge in [0, 0.05) is 16.6 Å². The summed E-state index contributed by atoms with van der Waals surface area (Å²) < 4.78 is 18.5. The maximum absolute atomic E-state index is 13.3. The number of rotatable bonds is 5. The zero-order valence-corrected chi connectivity index (χ0v) is 15.6. The minimum absolute atomic E-state index is 0.171. The predicted molar refractivity (Wildman–Crippen MR) is 107 cm³/mol. The third kappa shape index (κ3) is 3.16. The number of hydrogen-bond acceptors (Lipinski definition) is 5. The van der Waals surface area contributed by atoms with E-state index in [0.29, 0.717) is 22.0 Å². The standard InChI is InChI=1S/C21H15FN2O3S/c1-27-16-5-2-4-14(12-16)23-19-18(17-6-3-11-28-17)20(25)24(21(19)26)15-9-7-13(22)8-10-15/h2-12,23H,1H3. The first kappa shape index (κ1) is 17.9. The number of nitrogens with one attached hydrogen (secondary N) is 1. The molecule has 2 heterocycles. The highest BCUT2D eigenvalue weighted by molar-refractivity contribution is 7.11. The lowest BCUT2D eigenvalue weighted by Gasteiger charge is -2.15. The third-order valence-electron chi connectivity index (χ3n) is 4.28. The van der Waals surface area contributed by atoms with Crippen LogP contribution in [0.15, 0.2) is 71.7 Å². The van der Waals surface area contributed by atoms with E-state index in [1.807, 2.05) is 11.4 Å². The maximum Gasteiger partial charge on any atom is 0.282 e. The van der Waals surface area contributed by atoms with Crippen molar-refractivity contribution < 1.29 is 18.7 Å². The highest BCUT2D eigenvalue weighted by Crippen LogP contribution is 2.35. The largest absolute Gasteiger partial charge is 0.497 e. The van der Waals surface area contributed by atoms with Crippen molar-refractivity contribution in [3.63, 3.8) is 0 Å². The second-order valence-corrected chi connectivity index (χ2v) is 6.95. The van der Waals surface area contributed by atoms with Crippen molar-refractivity contribution in [1.29, 1.82) is 0 Å². The summed E-state index contributed by atoms with van der Waals surface area (Å²) in [5.41, 5.74) is 1.38. The molecule has 0 fully saturated rings. The van der Waals surface area contributed by atoms with Gasteiger partial charge in [0.2, 0.25) is 0 Å². The van der Waals surface area contributed by atoms with Crippen LogP contribution in [0.3, 0.4) is 0 Å². The topological polar surface area (TPSA) is 58.6 Å². The first-order valence-corrected chi connectivity index (χ1v) is 9.30. The van der Waals surface area contributed by atoms with Crippen molar-refractivity contribution in [2.45, 2.75) is 0 Å². The van der Waals surface area contributed by atoms with E-state index in [9.17, 15) is 14.0 Å². The molecule has 0 radical (unpaired) electrons. The SMILES string of the molecule is COc1cccc(NC2=C(c3cccs3)C(=O)N(c3ccc(F)cc3)C2=O)c1. The van der Waals surface area contributed by atoms with Gasteiger partial charge in [0.15, 0.2) is 0 Å². The number of carbonyl (C=O) groups is 2. The molecule has 2 amide bonds. The normalized spacial score (nSPS) is 14.0. The Morgan fingerprint density at radius 1 is 1.00 bits per heavy atom. The molecule has 0 atom stereocenters. The minimum Gasteiger partial charge on any atom is -0.497 e. The maximum atomic E-state index is 13.3. The molecule has 0 saturated heterocycles. The number of ether oxygens (including phenoxy) is 1. The number of anilines is 2. The second kappa shape index (κ2) is 7.28. The van der Waals surface area contributed by atoms with Gasteiger partial charge in [0.1, 0.15) is 17.3 Å². The van der Waals surface area contributed by atoms with Crippen LogP contribution in [-0.4, -0.2) is 18.9 Å². The van der Waals surface area contributed by atoms with Crippen LogP contribution < -0.4 is 15.0 Å². The number of methoxy groups -OCH3 is 1. The Morgan fingerprint density at radius 2 is 1.79 bits per heavy atom. The highest BCUT2D eigenvalue weighted by Gasteiger charge is 2.40. The van der Waals surface area contributed by atoms with Crippen LogP contribution in [0.2, 0.25) is 0 Å². The number of imide groups is 1.